The Morgan fingerprint density at radius 1 is 0.788 bits per heavy atom. The molecule has 5 nitrogen and oxygen atoms in total. The average molecular weight is 443 g/mol. The Kier molecular flexibility index (Phi) is 8.13. The van der Waals surface area contributed by atoms with E-state index in [0.717, 1.165) is 23.3 Å². The van der Waals surface area contributed by atoms with E-state index in [9.17, 15) is 24.1 Å². The van der Waals surface area contributed by atoms with Crippen LogP contribution in [0.5, 0.6) is 0 Å². The summed E-state index contributed by atoms with van der Waals surface area (Å²) in [5.41, 5.74) is 1.86. The molecule has 0 heterocycles. The van der Waals surface area contributed by atoms with Gasteiger partial charge < -0.3 is 0 Å². The fraction of sp³-hybridized carbons (Fsp3) is 0.111. The third-order valence-corrected chi connectivity index (χ3v) is 5.14. The maximum Gasteiger partial charge on any atom is 0.211 e. The fourth-order valence-corrected chi connectivity index (χ4v) is 3.50. The van der Waals surface area contributed by atoms with Gasteiger partial charge in [0.05, 0.1) is 11.8 Å². The monoisotopic (exact) mass is 443 g/mol. The number of nitro groups is 1. The van der Waals surface area contributed by atoms with Crippen LogP contribution in [0.1, 0.15) is 22.6 Å². The first kappa shape index (κ1) is 23.5. The average Bonchev–Trinajstić information content (AvgIpc) is 2.82. The zero-order valence-electron chi connectivity index (χ0n) is 17.7. The smallest absolute Gasteiger partial charge is 0.211 e. The van der Waals surface area contributed by atoms with Crippen LogP contribution in [0.15, 0.2) is 97.1 Å². The topological polar surface area (TPSA) is 77.3 Å². The maximum atomic E-state index is 13.5. The Morgan fingerprint density at radius 2 is 1.24 bits per heavy atom. The molecule has 6 heteroatoms. The number of carbonyl (C=O) groups excluding carboxylic acids is 2. The molecule has 0 radical (unpaired) electrons. The second kappa shape index (κ2) is 11.4. The number of halogens is 1. The van der Waals surface area contributed by atoms with Gasteiger partial charge in [-0.25, -0.2) is 4.39 Å². The van der Waals surface area contributed by atoms with Crippen LogP contribution in [0.25, 0.3) is 12.2 Å². The molecule has 3 aromatic carbocycles. The van der Waals surface area contributed by atoms with Crippen LogP contribution in [0, 0.1) is 21.8 Å². The lowest BCUT2D eigenvalue weighted by Crippen LogP contribution is -2.32. The summed E-state index contributed by atoms with van der Waals surface area (Å²) in [6.07, 6.45) is 5.67. The molecule has 0 aliphatic heterocycles. The van der Waals surface area contributed by atoms with E-state index in [0.29, 0.717) is 5.56 Å². The molecule has 3 aromatic rings. The molecule has 0 amide bonds. The van der Waals surface area contributed by atoms with Gasteiger partial charge in [0.1, 0.15) is 5.82 Å². The summed E-state index contributed by atoms with van der Waals surface area (Å²) < 4.78 is 13.5. The van der Waals surface area contributed by atoms with Crippen molar-refractivity contribution >= 4 is 23.7 Å². The van der Waals surface area contributed by atoms with Crippen molar-refractivity contribution < 1.29 is 18.9 Å². The van der Waals surface area contributed by atoms with Gasteiger partial charge in [0.25, 0.3) is 0 Å². The van der Waals surface area contributed by atoms with E-state index < -0.39 is 40.7 Å². The maximum absolute atomic E-state index is 13.5. The van der Waals surface area contributed by atoms with Crippen LogP contribution in [0.2, 0.25) is 0 Å². The van der Waals surface area contributed by atoms with Crippen LogP contribution in [0.3, 0.4) is 0 Å². The number of rotatable bonds is 10. The quantitative estimate of drug-likeness (QED) is 0.183. The van der Waals surface area contributed by atoms with Crippen molar-refractivity contribution in [3.05, 3.63) is 130 Å². The summed E-state index contributed by atoms with van der Waals surface area (Å²) in [7, 11) is 0. The molecule has 0 fully saturated rings. The molecular formula is C27H22FNO4. The third-order valence-electron chi connectivity index (χ3n) is 5.14. The molecule has 0 spiro atoms. The summed E-state index contributed by atoms with van der Waals surface area (Å²) in [5.74, 6) is -4.02. The Balaban J connectivity index is 1.99. The first-order valence-electron chi connectivity index (χ1n) is 10.4. The summed E-state index contributed by atoms with van der Waals surface area (Å²) in [6, 6.07) is 23.2. The van der Waals surface area contributed by atoms with E-state index in [2.05, 4.69) is 0 Å². The van der Waals surface area contributed by atoms with Gasteiger partial charge in [-0.15, -0.1) is 0 Å². The Bertz CT molecular complexity index is 1090. The van der Waals surface area contributed by atoms with Gasteiger partial charge in [0.15, 0.2) is 11.6 Å². The van der Waals surface area contributed by atoms with Crippen molar-refractivity contribution in [3.8, 4) is 0 Å². The van der Waals surface area contributed by atoms with Crippen LogP contribution >= 0.6 is 0 Å². The van der Waals surface area contributed by atoms with Crippen molar-refractivity contribution in [2.75, 3.05) is 6.54 Å². The second-order valence-corrected chi connectivity index (χ2v) is 7.44. The molecule has 0 saturated carbocycles. The van der Waals surface area contributed by atoms with Gasteiger partial charge in [-0.1, -0.05) is 84.9 Å². The molecule has 1 atom stereocenters. The lowest BCUT2D eigenvalue weighted by Gasteiger charge is -2.21. The Morgan fingerprint density at radius 3 is 1.67 bits per heavy atom. The van der Waals surface area contributed by atoms with Gasteiger partial charge in [-0.05, 0) is 41.0 Å². The minimum atomic E-state index is -1.33. The number of hydrogen-bond acceptors (Lipinski definition) is 4. The highest BCUT2D eigenvalue weighted by atomic mass is 19.1. The molecule has 0 unspecified atom stereocenters. The van der Waals surface area contributed by atoms with E-state index >= 15 is 0 Å². The molecule has 3 rings (SSSR count). The highest BCUT2D eigenvalue weighted by Gasteiger charge is 2.36. The molecule has 0 N–H and O–H groups in total. The van der Waals surface area contributed by atoms with E-state index in [1.165, 1.54) is 24.3 Å². The van der Waals surface area contributed by atoms with Gasteiger partial charge in [0.2, 0.25) is 6.54 Å². The summed E-state index contributed by atoms with van der Waals surface area (Å²) in [5, 5.41) is 11.4. The van der Waals surface area contributed by atoms with Crippen LogP contribution in [-0.4, -0.2) is 23.0 Å². The lowest BCUT2D eigenvalue weighted by molar-refractivity contribution is -0.484. The van der Waals surface area contributed by atoms with Crippen LogP contribution < -0.4 is 0 Å². The normalized spacial score (nSPS) is 12.3. The zero-order valence-corrected chi connectivity index (χ0v) is 17.7. The highest BCUT2D eigenvalue weighted by molar-refractivity contribution is 6.14. The predicted octanol–water partition coefficient (Wildman–Crippen LogP) is 5.37. The predicted molar refractivity (Wildman–Crippen MR) is 125 cm³/mol. The minimum absolute atomic E-state index is 0.348. The largest absolute Gasteiger partial charge is 0.294 e. The molecule has 166 valence electrons. The standard InChI is InChI=1S/C27H22FNO4/c28-23-15-13-22(14-16-23)24(19-29(32)33)27(25(30)17-11-20-7-3-1-4-8-20)26(31)18-12-21-9-5-2-6-10-21/h1-18,24,27H,19H2/b17-11+,18-12+/t24-/m1/s1. The van der Waals surface area contributed by atoms with Gasteiger partial charge in [-0.3, -0.25) is 19.7 Å². The number of allylic oxidation sites excluding steroid dienone is 2. The number of benzene rings is 3. The van der Waals surface area contributed by atoms with Crippen molar-refractivity contribution in [1.82, 2.24) is 0 Å². The summed E-state index contributed by atoms with van der Waals surface area (Å²) in [6.45, 7) is -0.647. The molecule has 0 saturated heterocycles. The fourth-order valence-electron chi connectivity index (χ4n) is 3.50. The molecule has 0 aromatic heterocycles. The number of ketones is 2. The van der Waals surface area contributed by atoms with E-state index in [1.807, 2.05) is 36.4 Å². The molecule has 0 aliphatic rings. The van der Waals surface area contributed by atoms with Gasteiger partial charge in [-0.2, -0.15) is 0 Å². The van der Waals surface area contributed by atoms with E-state index in [1.54, 1.807) is 36.4 Å². The SMILES string of the molecule is O=C(/C=C/c1ccccc1)C(C(=O)/C=C/c1ccccc1)[C@H](C[N+](=O)[O-])c1ccc(F)cc1. The van der Waals surface area contributed by atoms with Gasteiger partial charge >= 0.3 is 0 Å². The van der Waals surface area contributed by atoms with Crippen molar-refractivity contribution in [3.63, 3.8) is 0 Å². The number of hydrogen-bond donors (Lipinski definition) is 0. The van der Waals surface area contributed by atoms with Crippen LogP contribution in [-0.2, 0) is 9.59 Å². The number of carbonyl (C=O) groups is 2. The third kappa shape index (κ3) is 6.90. The zero-order chi connectivity index (χ0) is 23.6. The Labute approximate surface area is 191 Å². The van der Waals surface area contributed by atoms with Crippen molar-refractivity contribution in [1.29, 1.82) is 0 Å². The summed E-state index contributed by atoms with van der Waals surface area (Å²) >= 11 is 0. The van der Waals surface area contributed by atoms with Crippen molar-refractivity contribution in [2.24, 2.45) is 5.92 Å². The van der Waals surface area contributed by atoms with E-state index in [-0.39, 0.29) is 0 Å². The molecule has 0 aliphatic carbocycles. The van der Waals surface area contributed by atoms with Gasteiger partial charge in [0, 0.05) is 4.92 Å². The molecule has 0 bridgehead atoms. The molecular weight excluding hydrogens is 421 g/mol. The number of nitrogens with zero attached hydrogens (tertiary/aromatic N) is 1. The van der Waals surface area contributed by atoms with E-state index in [4.69, 9.17) is 0 Å². The van der Waals surface area contributed by atoms with Crippen LogP contribution in [0.4, 0.5) is 4.39 Å². The first-order valence-corrected chi connectivity index (χ1v) is 10.4. The lowest BCUT2D eigenvalue weighted by atomic mass is 9.80. The summed E-state index contributed by atoms with van der Waals surface area (Å²) in [4.78, 5) is 37.3. The highest BCUT2D eigenvalue weighted by Crippen LogP contribution is 2.29. The first-order chi connectivity index (χ1) is 15.9. The van der Waals surface area contributed by atoms with Crippen molar-refractivity contribution in [2.45, 2.75) is 5.92 Å². The second-order valence-electron chi connectivity index (χ2n) is 7.44. The molecule has 33 heavy (non-hydrogen) atoms. The Hall–Kier alpha value is -4.19. The minimum Gasteiger partial charge on any atom is -0.294 e.